The van der Waals surface area contributed by atoms with Gasteiger partial charge in [0.05, 0.1) is 40.3 Å². The zero-order valence-electron chi connectivity index (χ0n) is 21.1. The summed E-state index contributed by atoms with van der Waals surface area (Å²) in [5, 5.41) is 5.56. The van der Waals surface area contributed by atoms with E-state index in [9.17, 15) is 0 Å². The van der Waals surface area contributed by atoms with Crippen LogP contribution in [0.5, 0.6) is 17.4 Å². The number of pyridine rings is 1. The predicted molar refractivity (Wildman–Crippen MR) is 146 cm³/mol. The number of H-pyrrole nitrogens is 1. The molecule has 1 saturated heterocycles. The first kappa shape index (κ1) is 24.5. The highest BCUT2D eigenvalue weighted by molar-refractivity contribution is 5.99. The third-order valence-electron chi connectivity index (χ3n) is 6.26. The van der Waals surface area contributed by atoms with Crippen LogP contribution in [-0.2, 0) is 11.2 Å². The summed E-state index contributed by atoms with van der Waals surface area (Å²) in [6.45, 7) is 3.48. The van der Waals surface area contributed by atoms with Crippen molar-refractivity contribution in [1.29, 1.82) is 0 Å². The molecule has 2 N–H and O–H groups in total. The van der Waals surface area contributed by atoms with Gasteiger partial charge in [0, 0.05) is 60.0 Å². The number of para-hydroxylation sites is 1. The second-order valence-electron chi connectivity index (χ2n) is 8.60. The van der Waals surface area contributed by atoms with E-state index in [1.54, 1.807) is 20.4 Å². The topological polar surface area (TPSA) is 93.2 Å². The van der Waals surface area contributed by atoms with Gasteiger partial charge in [0.1, 0.15) is 0 Å². The van der Waals surface area contributed by atoms with Crippen molar-refractivity contribution in [1.82, 2.24) is 9.97 Å². The van der Waals surface area contributed by atoms with Gasteiger partial charge < -0.3 is 28.8 Å². The monoisotopic (exact) mass is 501 g/mol. The molecule has 0 aliphatic carbocycles. The minimum atomic E-state index is 0.465. The Bertz CT molecular complexity index is 1360. The maximum atomic E-state index is 6.08. The molecule has 0 bridgehead atoms. The number of ether oxygens (including phenoxy) is 4. The lowest BCUT2D eigenvalue weighted by Crippen LogP contribution is -2.36. The number of anilines is 2. The average molecular weight is 502 g/mol. The Hall–Kier alpha value is -4.24. The van der Waals surface area contributed by atoms with Crippen molar-refractivity contribution in [2.24, 2.45) is 5.10 Å². The summed E-state index contributed by atoms with van der Waals surface area (Å²) in [4.78, 5) is 10.2. The number of hydrogen-bond donors (Lipinski definition) is 2. The minimum absolute atomic E-state index is 0.465. The maximum Gasteiger partial charge on any atom is 0.217 e. The van der Waals surface area contributed by atoms with E-state index in [2.05, 4.69) is 31.5 Å². The number of methoxy groups -OCH3 is 2. The minimum Gasteiger partial charge on any atom is -0.493 e. The van der Waals surface area contributed by atoms with Gasteiger partial charge in [0.15, 0.2) is 17.3 Å². The number of aromatic nitrogens is 2. The molecule has 37 heavy (non-hydrogen) atoms. The fourth-order valence-electron chi connectivity index (χ4n) is 4.31. The molecule has 2 aromatic carbocycles. The molecule has 1 aliphatic heterocycles. The van der Waals surface area contributed by atoms with E-state index >= 15 is 0 Å². The number of benzene rings is 2. The lowest BCUT2D eigenvalue weighted by atomic mass is 10.1. The maximum absolute atomic E-state index is 6.08. The highest BCUT2D eigenvalue weighted by Crippen LogP contribution is 2.28. The molecule has 9 nitrogen and oxygen atoms in total. The first-order valence-electron chi connectivity index (χ1n) is 12.3. The Morgan fingerprint density at radius 2 is 1.89 bits per heavy atom. The molecular weight excluding hydrogens is 470 g/mol. The van der Waals surface area contributed by atoms with Crippen LogP contribution in [0, 0.1) is 0 Å². The van der Waals surface area contributed by atoms with Crippen molar-refractivity contribution in [2.75, 3.05) is 57.5 Å². The highest BCUT2D eigenvalue weighted by atomic mass is 16.5. The van der Waals surface area contributed by atoms with Crippen molar-refractivity contribution in [2.45, 2.75) is 6.42 Å². The standard InChI is InChI=1S/C28H31N5O4/c1-34-25-8-7-20(15-26(25)35-2)9-12-37-28-17-22(33-10-13-36-14-11-33)16-27(31-28)32-30-19-21-18-29-24-6-4-3-5-23(21)24/h3-8,15-19,29H,9-14H2,1-2H3,(H,31,32). The van der Waals surface area contributed by atoms with E-state index in [-0.39, 0.29) is 0 Å². The van der Waals surface area contributed by atoms with Crippen LogP contribution in [0.3, 0.4) is 0 Å². The van der Waals surface area contributed by atoms with Gasteiger partial charge in [-0.25, -0.2) is 0 Å². The molecule has 2 aromatic heterocycles. The molecule has 4 aromatic rings. The van der Waals surface area contributed by atoms with Gasteiger partial charge in [-0.15, -0.1) is 0 Å². The van der Waals surface area contributed by atoms with E-state index in [1.807, 2.05) is 54.7 Å². The van der Waals surface area contributed by atoms with Crippen LogP contribution < -0.4 is 24.5 Å². The molecule has 1 aliphatic rings. The second kappa shape index (κ2) is 11.7. The normalized spacial score (nSPS) is 13.7. The highest BCUT2D eigenvalue weighted by Gasteiger charge is 2.14. The van der Waals surface area contributed by atoms with Gasteiger partial charge in [-0.3, -0.25) is 5.43 Å². The van der Waals surface area contributed by atoms with Gasteiger partial charge in [0.25, 0.3) is 0 Å². The van der Waals surface area contributed by atoms with Gasteiger partial charge in [-0.1, -0.05) is 24.3 Å². The summed E-state index contributed by atoms with van der Waals surface area (Å²) in [6.07, 6.45) is 4.43. The Morgan fingerprint density at radius 3 is 2.73 bits per heavy atom. The number of hydrogen-bond acceptors (Lipinski definition) is 8. The fourth-order valence-corrected chi connectivity index (χ4v) is 4.31. The zero-order chi connectivity index (χ0) is 25.5. The Labute approximate surface area is 216 Å². The van der Waals surface area contributed by atoms with Crippen molar-refractivity contribution >= 4 is 28.6 Å². The first-order chi connectivity index (χ1) is 18.2. The first-order valence-corrected chi connectivity index (χ1v) is 12.3. The number of nitrogens with zero attached hydrogens (tertiary/aromatic N) is 3. The molecule has 3 heterocycles. The van der Waals surface area contributed by atoms with E-state index in [4.69, 9.17) is 18.9 Å². The smallest absolute Gasteiger partial charge is 0.217 e. The Kier molecular flexibility index (Phi) is 7.71. The lowest BCUT2D eigenvalue weighted by molar-refractivity contribution is 0.122. The molecule has 0 spiro atoms. The summed E-state index contributed by atoms with van der Waals surface area (Å²) in [6, 6.07) is 18.0. The number of rotatable bonds is 10. The molecule has 5 rings (SSSR count). The zero-order valence-corrected chi connectivity index (χ0v) is 21.1. The number of morpholine rings is 1. The molecule has 9 heteroatoms. The van der Waals surface area contributed by atoms with Crippen LogP contribution in [0.15, 0.2) is 65.9 Å². The van der Waals surface area contributed by atoms with Crippen LogP contribution >= 0.6 is 0 Å². The summed E-state index contributed by atoms with van der Waals surface area (Å²) in [7, 11) is 3.26. The van der Waals surface area contributed by atoms with Crippen molar-refractivity contribution in [3.05, 3.63) is 71.9 Å². The SMILES string of the molecule is COc1ccc(CCOc2cc(N3CCOCC3)cc(NN=Cc3c[nH]c4ccccc34)n2)cc1OC. The van der Waals surface area contributed by atoms with E-state index in [0.717, 1.165) is 40.8 Å². The van der Waals surface area contributed by atoms with Crippen molar-refractivity contribution in [3.8, 4) is 17.4 Å². The van der Waals surface area contributed by atoms with Gasteiger partial charge in [-0.05, 0) is 23.8 Å². The van der Waals surface area contributed by atoms with E-state index in [1.165, 1.54) is 0 Å². The van der Waals surface area contributed by atoms with Crippen LogP contribution in [0.4, 0.5) is 11.5 Å². The Morgan fingerprint density at radius 1 is 1.05 bits per heavy atom. The summed E-state index contributed by atoms with van der Waals surface area (Å²) < 4.78 is 22.3. The van der Waals surface area contributed by atoms with E-state index in [0.29, 0.717) is 49.4 Å². The number of hydrazone groups is 1. The molecule has 0 atom stereocenters. The second-order valence-corrected chi connectivity index (χ2v) is 8.60. The Balaban J connectivity index is 1.30. The number of nitrogens with one attached hydrogen (secondary N) is 2. The molecule has 192 valence electrons. The average Bonchev–Trinajstić information content (AvgIpc) is 3.36. The van der Waals surface area contributed by atoms with Gasteiger partial charge >= 0.3 is 0 Å². The number of aromatic amines is 1. The summed E-state index contributed by atoms with van der Waals surface area (Å²) >= 11 is 0. The van der Waals surface area contributed by atoms with Crippen LogP contribution in [-0.4, -0.2) is 63.3 Å². The largest absolute Gasteiger partial charge is 0.493 e. The van der Waals surface area contributed by atoms with Crippen molar-refractivity contribution in [3.63, 3.8) is 0 Å². The van der Waals surface area contributed by atoms with E-state index < -0.39 is 0 Å². The lowest BCUT2D eigenvalue weighted by Gasteiger charge is -2.29. The molecular formula is C28H31N5O4. The summed E-state index contributed by atoms with van der Waals surface area (Å²) in [5.74, 6) is 2.55. The third-order valence-corrected chi connectivity index (χ3v) is 6.26. The number of fused-ring (bicyclic) bond motifs is 1. The fraction of sp³-hybridized carbons (Fsp3) is 0.286. The molecule has 0 amide bonds. The van der Waals surface area contributed by atoms with Gasteiger partial charge in [0.2, 0.25) is 5.88 Å². The quantitative estimate of drug-likeness (QED) is 0.244. The molecule has 0 unspecified atom stereocenters. The molecule has 0 saturated carbocycles. The van der Waals surface area contributed by atoms with Crippen molar-refractivity contribution < 1.29 is 18.9 Å². The predicted octanol–water partition coefficient (Wildman–Crippen LogP) is 4.48. The van der Waals surface area contributed by atoms with Gasteiger partial charge in [-0.2, -0.15) is 10.1 Å². The van der Waals surface area contributed by atoms with Crippen LogP contribution in [0.25, 0.3) is 10.9 Å². The summed E-state index contributed by atoms with van der Waals surface area (Å²) in [5.41, 5.74) is 7.25. The molecule has 0 radical (unpaired) electrons. The molecule has 1 fully saturated rings. The third kappa shape index (κ3) is 5.95. The van der Waals surface area contributed by atoms with Crippen LogP contribution in [0.1, 0.15) is 11.1 Å². The van der Waals surface area contributed by atoms with Crippen LogP contribution in [0.2, 0.25) is 0 Å².